The smallest absolute Gasteiger partial charge is 0.251 e. The highest BCUT2D eigenvalue weighted by atomic mass is 32.2. The van der Waals surface area contributed by atoms with E-state index < -0.39 is 6.04 Å². The Morgan fingerprint density at radius 2 is 2.00 bits per heavy atom. The quantitative estimate of drug-likeness (QED) is 0.694. The molecule has 2 rings (SSSR count). The van der Waals surface area contributed by atoms with E-state index in [2.05, 4.69) is 10.6 Å². The second kappa shape index (κ2) is 9.82. The number of nitrogens with one attached hydrogen (secondary N) is 2. The fourth-order valence-electron chi connectivity index (χ4n) is 3.10. The van der Waals surface area contributed by atoms with Gasteiger partial charge in [-0.05, 0) is 63.2 Å². The van der Waals surface area contributed by atoms with E-state index in [1.54, 1.807) is 17.8 Å². The number of hydrogen-bond acceptors (Lipinski definition) is 4. The maximum absolute atomic E-state index is 12.7. The minimum absolute atomic E-state index is 0.0875. The van der Waals surface area contributed by atoms with Gasteiger partial charge in [-0.25, -0.2) is 0 Å². The van der Waals surface area contributed by atoms with Gasteiger partial charge < -0.3 is 16.4 Å². The molecule has 1 aromatic rings. The lowest BCUT2D eigenvalue weighted by atomic mass is 9.91. The molecule has 0 saturated heterocycles. The normalized spacial score (nSPS) is 21.4. The SMILES string of the molecule is CSCCC(NC(=O)c1cccc(C)c1)C(=O)NC1CCC(N)CC1. The van der Waals surface area contributed by atoms with Crippen LogP contribution >= 0.6 is 11.8 Å². The van der Waals surface area contributed by atoms with Crippen molar-refractivity contribution in [2.75, 3.05) is 12.0 Å². The second-order valence-corrected chi connectivity index (χ2v) is 7.78. The summed E-state index contributed by atoms with van der Waals surface area (Å²) in [6, 6.07) is 7.32. The van der Waals surface area contributed by atoms with E-state index in [4.69, 9.17) is 5.73 Å². The standard InChI is InChI=1S/C19H29N3O2S/c1-13-4-3-5-14(12-13)18(23)22-17(10-11-25-2)19(24)21-16-8-6-15(20)7-9-16/h3-5,12,15-17H,6-11,20H2,1-2H3,(H,21,24)(H,22,23). The monoisotopic (exact) mass is 363 g/mol. The molecule has 1 aliphatic rings. The Labute approximate surface area is 154 Å². The third kappa shape index (κ3) is 6.36. The van der Waals surface area contributed by atoms with Crippen molar-refractivity contribution in [2.24, 2.45) is 5.73 Å². The summed E-state index contributed by atoms with van der Waals surface area (Å²) in [6.45, 7) is 1.95. The summed E-state index contributed by atoms with van der Waals surface area (Å²) in [4.78, 5) is 25.2. The van der Waals surface area contributed by atoms with E-state index in [9.17, 15) is 9.59 Å². The number of thioether (sulfide) groups is 1. The molecule has 0 aromatic heterocycles. The second-order valence-electron chi connectivity index (χ2n) is 6.80. The first-order valence-electron chi connectivity index (χ1n) is 8.92. The van der Waals surface area contributed by atoms with Crippen LogP contribution in [0.15, 0.2) is 24.3 Å². The van der Waals surface area contributed by atoms with Crippen molar-refractivity contribution in [3.63, 3.8) is 0 Å². The Morgan fingerprint density at radius 1 is 1.28 bits per heavy atom. The van der Waals surface area contributed by atoms with Crippen molar-refractivity contribution in [3.05, 3.63) is 35.4 Å². The van der Waals surface area contributed by atoms with Gasteiger partial charge in [0.1, 0.15) is 6.04 Å². The van der Waals surface area contributed by atoms with Crippen molar-refractivity contribution < 1.29 is 9.59 Å². The molecule has 1 unspecified atom stereocenters. The molecule has 1 saturated carbocycles. The maximum atomic E-state index is 12.7. The molecule has 6 heteroatoms. The van der Waals surface area contributed by atoms with E-state index in [0.717, 1.165) is 37.0 Å². The highest BCUT2D eigenvalue weighted by Gasteiger charge is 2.25. The van der Waals surface area contributed by atoms with Crippen LogP contribution in [0.2, 0.25) is 0 Å². The van der Waals surface area contributed by atoms with E-state index in [0.29, 0.717) is 12.0 Å². The summed E-state index contributed by atoms with van der Waals surface area (Å²) < 4.78 is 0. The lowest BCUT2D eigenvalue weighted by Gasteiger charge is -2.28. The number of hydrogen-bond donors (Lipinski definition) is 3. The van der Waals surface area contributed by atoms with Gasteiger partial charge in [-0.15, -0.1) is 0 Å². The van der Waals surface area contributed by atoms with Gasteiger partial charge in [-0.2, -0.15) is 11.8 Å². The number of amides is 2. The number of aryl methyl sites for hydroxylation is 1. The number of benzene rings is 1. The Balaban J connectivity index is 1.97. The van der Waals surface area contributed by atoms with Gasteiger partial charge in [-0.1, -0.05) is 17.7 Å². The van der Waals surface area contributed by atoms with E-state index in [1.165, 1.54) is 0 Å². The molecule has 1 atom stereocenters. The van der Waals surface area contributed by atoms with E-state index >= 15 is 0 Å². The maximum Gasteiger partial charge on any atom is 0.251 e. The zero-order valence-corrected chi connectivity index (χ0v) is 15.9. The van der Waals surface area contributed by atoms with Crippen LogP contribution in [-0.2, 0) is 4.79 Å². The third-order valence-electron chi connectivity index (χ3n) is 4.63. The summed E-state index contributed by atoms with van der Waals surface area (Å²) >= 11 is 1.67. The molecule has 0 heterocycles. The molecule has 0 spiro atoms. The molecule has 4 N–H and O–H groups in total. The molecular formula is C19H29N3O2S. The zero-order valence-electron chi connectivity index (χ0n) is 15.1. The van der Waals surface area contributed by atoms with Crippen LogP contribution in [0, 0.1) is 6.92 Å². The van der Waals surface area contributed by atoms with Gasteiger partial charge in [0.2, 0.25) is 5.91 Å². The first-order valence-corrected chi connectivity index (χ1v) is 10.3. The van der Waals surface area contributed by atoms with Crippen LogP contribution < -0.4 is 16.4 Å². The molecular weight excluding hydrogens is 334 g/mol. The van der Waals surface area contributed by atoms with Crippen LogP contribution in [0.1, 0.15) is 48.0 Å². The summed E-state index contributed by atoms with van der Waals surface area (Å²) in [5, 5.41) is 6.00. The van der Waals surface area contributed by atoms with Gasteiger partial charge in [0, 0.05) is 17.6 Å². The predicted molar refractivity (Wildman–Crippen MR) is 104 cm³/mol. The Kier molecular flexibility index (Phi) is 7.78. The van der Waals surface area contributed by atoms with Crippen molar-refractivity contribution in [1.29, 1.82) is 0 Å². The van der Waals surface area contributed by atoms with Gasteiger partial charge >= 0.3 is 0 Å². The van der Waals surface area contributed by atoms with Crippen molar-refractivity contribution in [1.82, 2.24) is 10.6 Å². The molecule has 1 fully saturated rings. The van der Waals surface area contributed by atoms with E-state index in [-0.39, 0.29) is 23.9 Å². The first kappa shape index (κ1) is 19.8. The van der Waals surface area contributed by atoms with Crippen molar-refractivity contribution >= 4 is 23.6 Å². The largest absolute Gasteiger partial charge is 0.352 e. The molecule has 2 amide bonds. The summed E-state index contributed by atoms with van der Waals surface area (Å²) in [5.74, 6) is 0.535. The minimum atomic E-state index is -0.504. The average molecular weight is 364 g/mol. The molecule has 138 valence electrons. The summed E-state index contributed by atoms with van der Waals surface area (Å²) in [7, 11) is 0. The highest BCUT2D eigenvalue weighted by Crippen LogP contribution is 2.17. The molecule has 5 nitrogen and oxygen atoms in total. The number of carbonyl (C=O) groups excluding carboxylic acids is 2. The lowest BCUT2D eigenvalue weighted by molar-refractivity contribution is -0.124. The molecule has 1 aliphatic carbocycles. The Morgan fingerprint density at radius 3 is 2.64 bits per heavy atom. The van der Waals surface area contributed by atoms with Crippen LogP contribution in [-0.4, -0.2) is 41.9 Å². The van der Waals surface area contributed by atoms with Gasteiger partial charge in [-0.3, -0.25) is 9.59 Å². The average Bonchev–Trinajstić information content (AvgIpc) is 2.60. The first-order chi connectivity index (χ1) is 12.0. The zero-order chi connectivity index (χ0) is 18.2. The van der Waals surface area contributed by atoms with E-state index in [1.807, 2.05) is 31.4 Å². The molecule has 0 bridgehead atoms. The lowest BCUT2D eigenvalue weighted by Crippen LogP contribution is -2.51. The Bertz CT molecular complexity index is 586. The number of rotatable bonds is 7. The van der Waals surface area contributed by atoms with Crippen molar-refractivity contribution in [2.45, 2.75) is 57.2 Å². The van der Waals surface area contributed by atoms with Crippen LogP contribution in [0.25, 0.3) is 0 Å². The molecule has 1 aromatic carbocycles. The van der Waals surface area contributed by atoms with Gasteiger partial charge in [0.25, 0.3) is 5.91 Å². The summed E-state index contributed by atoms with van der Waals surface area (Å²) in [5.41, 5.74) is 7.54. The number of nitrogens with two attached hydrogens (primary N) is 1. The number of carbonyl (C=O) groups is 2. The fraction of sp³-hybridized carbons (Fsp3) is 0.579. The predicted octanol–water partition coefficient (Wildman–Crippen LogP) is 2.23. The molecule has 0 radical (unpaired) electrons. The van der Waals surface area contributed by atoms with Crippen LogP contribution in [0.3, 0.4) is 0 Å². The van der Waals surface area contributed by atoms with Crippen LogP contribution in [0.5, 0.6) is 0 Å². The Hall–Kier alpha value is -1.53. The van der Waals surface area contributed by atoms with Crippen LogP contribution in [0.4, 0.5) is 0 Å². The summed E-state index contributed by atoms with van der Waals surface area (Å²) in [6.07, 6.45) is 6.32. The molecule has 25 heavy (non-hydrogen) atoms. The van der Waals surface area contributed by atoms with Crippen molar-refractivity contribution in [3.8, 4) is 0 Å². The topological polar surface area (TPSA) is 84.2 Å². The van der Waals surface area contributed by atoms with Gasteiger partial charge in [0.05, 0.1) is 0 Å². The highest BCUT2D eigenvalue weighted by molar-refractivity contribution is 7.98. The third-order valence-corrected chi connectivity index (χ3v) is 5.27. The molecule has 0 aliphatic heterocycles. The van der Waals surface area contributed by atoms with Gasteiger partial charge in [0.15, 0.2) is 0 Å². The minimum Gasteiger partial charge on any atom is -0.352 e. The fourth-order valence-corrected chi connectivity index (χ4v) is 3.57.